The molecule has 2 saturated heterocycles. The lowest BCUT2D eigenvalue weighted by atomic mass is 9.87. The summed E-state index contributed by atoms with van der Waals surface area (Å²) in [5.74, 6) is 0.565. The lowest BCUT2D eigenvalue weighted by Gasteiger charge is -2.32. The fourth-order valence-corrected chi connectivity index (χ4v) is 6.32. The molecule has 2 heterocycles. The zero-order valence-electron chi connectivity index (χ0n) is 16.8. The summed E-state index contributed by atoms with van der Waals surface area (Å²) in [5, 5.41) is 0. The van der Waals surface area contributed by atoms with Crippen molar-refractivity contribution in [3.63, 3.8) is 0 Å². The van der Waals surface area contributed by atoms with Gasteiger partial charge in [0.05, 0.1) is 11.4 Å². The van der Waals surface area contributed by atoms with E-state index in [4.69, 9.17) is 0 Å². The predicted molar refractivity (Wildman–Crippen MR) is 116 cm³/mol. The van der Waals surface area contributed by atoms with Crippen LogP contribution < -0.4 is 4.31 Å². The van der Waals surface area contributed by atoms with Crippen LogP contribution in [0, 0.1) is 0 Å². The molecule has 2 aromatic rings. The number of nitrogens with zero attached hydrogens (tertiary/aromatic N) is 2. The Morgan fingerprint density at radius 3 is 2.38 bits per heavy atom. The summed E-state index contributed by atoms with van der Waals surface area (Å²) in [6.45, 7) is 3.47. The predicted octanol–water partition coefficient (Wildman–Crippen LogP) is 4.02. The monoisotopic (exact) mass is 412 g/mol. The zero-order valence-corrected chi connectivity index (χ0v) is 17.6. The summed E-state index contributed by atoms with van der Waals surface area (Å²) in [5.41, 5.74) is 2.56. The summed E-state index contributed by atoms with van der Waals surface area (Å²) in [4.78, 5) is 15.3. The van der Waals surface area contributed by atoms with Gasteiger partial charge < -0.3 is 4.90 Å². The van der Waals surface area contributed by atoms with Gasteiger partial charge in [0.1, 0.15) is 0 Å². The second-order valence-electron chi connectivity index (χ2n) is 7.92. The van der Waals surface area contributed by atoms with Crippen LogP contribution in [0.4, 0.5) is 5.69 Å². The number of carbonyl (C=O) groups is 1. The SMILES string of the molecule is CC[C@H](c1ccccc1)[C@H]1CCCN1C(=O)c1ccc(N2CCCS2(=O)=O)cc1. The second kappa shape index (κ2) is 8.19. The second-order valence-corrected chi connectivity index (χ2v) is 9.93. The molecule has 0 saturated carbocycles. The molecule has 0 aliphatic carbocycles. The standard InChI is InChI=1S/C23H28N2O3S/c1-2-21(18-8-4-3-5-9-18)22-10-6-15-24(22)23(26)19-11-13-20(14-12-19)25-16-7-17-29(25,27)28/h3-5,8-9,11-14,21-22H,2,6-7,10,15-17H2,1H3/t21-,22-/m1/s1. The molecule has 5 nitrogen and oxygen atoms in total. The molecule has 0 N–H and O–H groups in total. The van der Waals surface area contributed by atoms with E-state index in [0.29, 0.717) is 30.1 Å². The van der Waals surface area contributed by atoms with Crippen molar-refractivity contribution in [1.29, 1.82) is 0 Å². The third-order valence-corrected chi connectivity index (χ3v) is 8.06. The van der Waals surface area contributed by atoms with Gasteiger partial charge in [0.25, 0.3) is 5.91 Å². The fraction of sp³-hybridized carbons (Fsp3) is 0.435. The zero-order chi connectivity index (χ0) is 20.4. The normalized spacial score (nSPS) is 22.0. The highest BCUT2D eigenvalue weighted by Crippen LogP contribution is 2.34. The number of amides is 1. The van der Waals surface area contributed by atoms with Gasteiger partial charge in [0.2, 0.25) is 10.0 Å². The highest BCUT2D eigenvalue weighted by atomic mass is 32.2. The van der Waals surface area contributed by atoms with Crippen LogP contribution in [0.5, 0.6) is 0 Å². The van der Waals surface area contributed by atoms with E-state index in [-0.39, 0.29) is 17.7 Å². The number of anilines is 1. The molecule has 2 fully saturated rings. The third-order valence-electron chi connectivity index (χ3n) is 6.19. The van der Waals surface area contributed by atoms with Crippen molar-refractivity contribution in [2.45, 2.75) is 44.6 Å². The molecule has 0 spiro atoms. The van der Waals surface area contributed by atoms with E-state index in [1.807, 2.05) is 11.0 Å². The molecule has 2 aliphatic rings. The van der Waals surface area contributed by atoms with Gasteiger partial charge in [0, 0.05) is 30.6 Å². The van der Waals surface area contributed by atoms with E-state index in [2.05, 4.69) is 31.2 Å². The molecular weight excluding hydrogens is 384 g/mol. The molecule has 154 valence electrons. The maximum Gasteiger partial charge on any atom is 0.254 e. The summed E-state index contributed by atoms with van der Waals surface area (Å²) < 4.78 is 25.7. The average Bonchev–Trinajstić information content (AvgIpc) is 3.35. The molecule has 0 aromatic heterocycles. The first-order valence-corrected chi connectivity index (χ1v) is 12.1. The minimum Gasteiger partial charge on any atom is -0.335 e. The van der Waals surface area contributed by atoms with Gasteiger partial charge in [-0.1, -0.05) is 37.3 Å². The average molecular weight is 413 g/mol. The number of benzene rings is 2. The largest absolute Gasteiger partial charge is 0.335 e. The topological polar surface area (TPSA) is 57.7 Å². The van der Waals surface area contributed by atoms with Crippen molar-refractivity contribution in [2.75, 3.05) is 23.1 Å². The number of hydrogen-bond donors (Lipinski definition) is 0. The van der Waals surface area contributed by atoms with Gasteiger partial charge in [-0.15, -0.1) is 0 Å². The minimum absolute atomic E-state index is 0.0395. The smallest absolute Gasteiger partial charge is 0.254 e. The Morgan fingerprint density at radius 2 is 1.76 bits per heavy atom. The molecule has 1 amide bonds. The first kappa shape index (κ1) is 20.0. The maximum absolute atomic E-state index is 13.3. The lowest BCUT2D eigenvalue weighted by Crippen LogP contribution is -2.39. The van der Waals surface area contributed by atoms with Crippen LogP contribution >= 0.6 is 0 Å². The van der Waals surface area contributed by atoms with Crippen LogP contribution in [0.25, 0.3) is 0 Å². The Hall–Kier alpha value is -2.34. The Morgan fingerprint density at radius 1 is 1.03 bits per heavy atom. The minimum atomic E-state index is -3.20. The van der Waals surface area contributed by atoms with E-state index < -0.39 is 10.0 Å². The van der Waals surface area contributed by atoms with Crippen LogP contribution in [0.1, 0.15) is 54.4 Å². The molecule has 2 aliphatic heterocycles. The van der Waals surface area contributed by atoms with E-state index in [1.54, 1.807) is 24.3 Å². The van der Waals surface area contributed by atoms with Gasteiger partial charge in [-0.05, 0) is 55.5 Å². The molecule has 0 bridgehead atoms. The van der Waals surface area contributed by atoms with Gasteiger partial charge in [-0.25, -0.2) is 8.42 Å². The van der Waals surface area contributed by atoms with Crippen molar-refractivity contribution in [3.05, 3.63) is 65.7 Å². The highest BCUT2D eigenvalue weighted by Gasteiger charge is 2.35. The van der Waals surface area contributed by atoms with Crippen LogP contribution in [-0.4, -0.2) is 44.1 Å². The van der Waals surface area contributed by atoms with E-state index in [9.17, 15) is 13.2 Å². The van der Waals surface area contributed by atoms with Crippen LogP contribution in [0.2, 0.25) is 0 Å². The molecule has 0 unspecified atom stereocenters. The van der Waals surface area contributed by atoms with Crippen molar-refractivity contribution in [3.8, 4) is 0 Å². The molecule has 2 aromatic carbocycles. The van der Waals surface area contributed by atoms with Crippen molar-refractivity contribution < 1.29 is 13.2 Å². The van der Waals surface area contributed by atoms with E-state index in [0.717, 1.165) is 25.8 Å². The summed E-state index contributed by atoms with van der Waals surface area (Å²) in [6, 6.07) is 17.7. The highest BCUT2D eigenvalue weighted by molar-refractivity contribution is 7.93. The third kappa shape index (κ3) is 3.90. The lowest BCUT2D eigenvalue weighted by molar-refractivity contribution is 0.0714. The number of hydrogen-bond acceptors (Lipinski definition) is 3. The maximum atomic E-state index is 13.3. The molecular formula is C23H28N2O3S. The van der Waals surface area contributed by atoms with Gasteiger partial charge >= 0.3 is 0 Å². The Bertz CT molecular complexity index is 957. The molecule has 6 heteroatoms. The Kier molecular flexibility index (Phi) is 5.63. The molecule has 4 rings (SSSR count). The van der Waals surface area contributed by atoms with Crippen molar-refractivity contribution in [1.82, 2.24) is 4.90 Å². The quantitative estimate of drug-likeness (QED) is 0.745. The Labute approximate surface area is 173 Å². The van der Waals surface area contributed by atoms with Crippen LogP contribution in [0.15, 0.2) is 54.6 Å². The first-order valence-electron chi connectivity index (χ1n) is 10.5. The van der Waals surface area contributed by atoms with Gasteiger partial charge in [-0.2, -0.15) is 0 Å². The van der Waals surface area contributed by atoms with E-state index in [1.165, 1.54) is 9.87 Å². The first-order chi connectivity index (χ1) is 14.0. The number of carbonyl (C=O) groups excluding carboxylic acids is 1. The van der Waals surface area contributed by atoms with Gasteiger partial charge in [0.15, 0.2) is 0 Å². The molecule has 2 atom stereocenters. The molecule has 29 heavy (non-hydrogen) atoms. The summed E-state index contributed by atoms with van der Waals surface area (Å²) in [6.07, 6.45) is 3.67. The number of rotatable bonds is 5. The summed E-state index contributed by atoms with van der Waals surface area (Å²) in [7, 11) is -3.20. The van der Waals surface area contributed by atoms with Crippen LogP contribution in [0.3, 0.4) is 0 Å². The summed E-state index contributed by atoms with van der Waals surface area (Å²) >= 11 is 0. The number of likely N-dealkylation sites (tertiary alicyclic amines) is 1. The van der Waals surface area contributed by atoms with Crippen LogP contribution in [-0.2, 0) is 10.0 Å². The Balaban J connectivity index is 1.54. The molecule has 0 radical (unpaired) electrons. The van der Waals surface area contributed by atoms with E-state index >= 15 is 0 Å². The van der Waals surface area contributed by atoms with Gasteiger partial charge in [-0.3, -0.25) is 9.10 Å². The van der Waals surface area contributed by atoms with Crippen molar-refractivity contribution >= 4 is 21.6 Å². The fourth-order valence-electron chi connectivity index (χ4n) is 4.76. The number of sulfonamides is 1. The van der Waals surface area contributed by atoms with Crippen molar-refractivity contribution in [2.24, 2.45) is 0 Å².